The number of benzene rings is 1. The van der Waals surface area contributed by atoms with Gasteiger partial charge in [-0.1, -0.05) is 33.2 Å². The lowest BCUT2D eigenvalue weighted by Crippen LogP contribution is -2.18. The van der Waals surface area contributed by atoms with E-state index in [1.165, 1.54) is 6.07 Å². The van der Waals surface area contributed by atoms with E-state index in [0.29, 0.717) is 18.0 Å². The molecular formula is C21H25BrN2O4. The molecule has 0 aliphatic carbocycles. The number of rotatable bonds is 6. The zero-order valence-corrected chi connectivity index (χ0v) is 18.3. The molecule has 7 heteroatoms. The highest BCUT2D eigenvalue weighted by atomic mass is 79.9. The van der Waals surface area contributed by atoms with Crippen molar-refractivity contribution in [3.63, 3.8) is 0 Å². The van der Waals surface area contributed by atoms with Crippen LogP contribution >= 0.6 is 15.9 Å². The lowest BCUT2D eigenvalue weighted by atomic mass is 10.0. The number of hydrogen-bond donors (Lipinski definition) is 1. The normalized spacial score (nSPS) is 12.0. The Labute approximate surface area is 173 Å². The van der Waals surface area contributed by atoms with Gasteiger partial charge in [0.25, 0.3) is 0 Å². The summed E-state index contributed by atoms with van der Waals surface area (Å²) in [5.74, 6) is -0.435. The molecule has 1 heterocycles. The zero-order valence-electron chi connectivity index (χ0n) is 16.7. The molecule has 1 N–H and O–H groups in total. The van der Waals surface area contributed by atoms with Crippen molar-refractivity contribution >= 4 is 27.6 Å². The standard InChI is InChI=1S/C21H25BrN2O4/c1-6-27-18(26)12-15-9-10-17(25)20(23-15)19(24-28-21(3,4)5)14-8-7-13(2)16(22)11-14/h7-11,25H,6,12H2,1-5H3/b24-19-. The van der Waals surface area contributed by atoms with E-state index in [1.54, 1.807) is 13.0 Å². The van der Waals surface area contributed by atoms with Crippen LogP contribution in [0.4, 0.5) is 0 Å². The summed E-state index contributed by atoms with van der Waals surface area (Å²) in [7, 11) is 0. The maximum Gasteiger partial charge on any atom is 0.311 e. The van der Waals surface area contributed by atoms with Crippen LogP contribution in [0.25, 0.3) is 0 Å². The number of aryl methyl sites for hydroxylation is 1. The van der Waals surface area contributed by atoms with Crippen LogP contribution in [0.3, 0.4) is 0 Å². The van der Waals surface area contributed by atoms with Crippen molar-refractivity contribution < 1.29 is 19.5 Å². The number of nitrogens with zero attached hydrogens (tertiary/aromatic N) is 2. The van der Waals surface area contributed by atoms with Gasteiger partial charge in [-0.3, -0.25) is 4.79 Å². The van der Waals surface area contributed by atoms with E-state index >= 15 is 0 Å². The van der Waals surface area contributed by atoms with Gasteiger partial charge in [-0.25, -0.2) is 4.98 Å². The quantitative estimate of drug-likeness (QED) is 0.398. The molecule has 0 saturated heterocycles. The number of halogens is 1. The smallest absolute Gasteiger partial charge is 0.311 e. The highest BCUT2D eigenvalue weighted by Gasteiger charge is 2.19. The second-order valence-corrected chi connectivity index (χ2v) is 8.11. The fourth-order valence-electron chi connectivity index (χ4n) is 2.28. The summed E-state index contributed by atoms with van der Waals surface area (Å²) in [5, 5.41) is 14.7. The molecule has 28 heavy (non-hydrogen) atoms. The molecule has 0 saturated carbocycles. The van der Waals surface area contributed by atoms with Gasteiger partial charge >= 0.3 is 5.97 Å². The lowest BCUT2D eigenvalue weighted by molar-refractivity contribution is -0.142. The van der Waals surface area contributed by atoms with E-state index in [1.807, 2.05) is 45.9 Å². The van der Waals surface area contributed by atoms with Gasteiger partial charge < -0.3 is 14.7 Å². The molecule has 1 aromatic heterocycles. The number of aromatic nitrogens is 1. The van der Waals surface area contributed by atoms with E-state index in [0.717, 1.165) is 15.6 Å². The van der Waals surface area contributed by atoms with Crippen molar-refractivity contribution in [3.8, 4) is 5.75 Å². The Kier molecular flexibility index (Phi) is 7.18. The summed E-state index contributed by atoms with van der Waals surface area (Å²) in [5.41, 5.74) is 2.35. The number of pyridine rings is 1. The van der Waals surface area contributed by atoms with Gasteiger partial charge in [0, 0.05) is 10.0 Å². The molecule has 2 aromatic rings. The number of aromatic hydroxyl groups is 1. The summed E-state index contributed by atoms with van der Waals surface area (Å²) in [4.78, 5) is 21.9. The molecule has 0 aliphatic heterocycles. The first-order valence-electron chi connectivity index (χ1n) is 8.98. The van der Waals surface area contributed by atoms with Crippen molar-refractivity contribution in [1.29, 1.82) is 0 Å². The maximum absolute atomic E-state index is 11.8. The Morgan fingerprint density at radius 2 is 1.96 bits per heavy atom. The summed E-state index contributed by atoms with van der Waals surface area (Å²) in [6.45, 7) is 9.66. The van der Waals surface area contributed by atoms with Crippen molar-refractivity contribution in [3.05, 3.63) is 57.3 Å². The number of carbonyl (C=O) groups is 1. The fraction of sp³-hybridized carbons (Fsp3) is 0.381. The maximum atomic E-state index is 11.8. The van der Waals surface area contributed by atoms with E-state index < -0.39 is 5.60 Å². The van der Waals surface area contributed by atoms with Gasteiger partial charge in [0.1, 0.15) is 22.8 Å². The predicted octanol–water partition coefficient (Wildman–Crippen LogP) is 4.53. The lowest BCUT2D eigenvalue weighted by Gasteiger charge is -2.18. The molecule has 6 nitrogen and oxygen atoms in total. The molecule has 150 valence electrons. The Morgan fingerprint density at radius 3 is 2.57 bits per heavy atom. The average molecular weight is 449 g/mol. The zero-order chi connectivity index (χ0) is 20.9. The van der Waals surface area contributed by atoms with Crippen LogP contribution in [-0.2, 0) is 20.8 Å². The number of oxime groups is 1. The molecule has 1 aromatic carbocycles. The molecule has 0 spiro atoms. The van der Waals surface area contributed by atoms with Crippen LogP contribution in [0.5, 0.6) is 5.75 Å². The summed E-state index contributed by atoms with van der Waals surface area (Å²) in [6.07, 6.45) is 0.00607. The molecule has 0 unspecified atom stereocenters. The second-order valence-electron chi connectivity index (χ2n) is 7.26. The van der Waals surface area contributed by atoms with Gasteiger partial charge in [-0.2, -0.15) is 0 Å². The fourth-order valence-corrected chi connectivity index (χ4v) is 2.66. The van der Waals surface area contributed by atoms with E-state index in [-0.39, 0.29) is 23.8 Å². The van der Waals surface area contributed by atoms with Crippen molar-refractivity contribution in [2.24, 2.45) is 5.16 Å². The second kappa shape index (κ2) is 9.19. The largest absolute Gasteiger partial charge is 0.506 e. The number of hydrogen-bond acceptors (Lipinski definition) is 6. The summed E-state index contributed by atoms with van der Waals surface area (Å²) >= 11 is 3.52. The molecule has 0 amide bonds. The summed E-state index contributed by atoms with van der Waals surface area (Å²) in [6, 6.07) is 8.78. The van der Waals surface area contributed by atoms with Crippen LogP contribution < -0.4 is 0 Å². The minimum Gasteiger partial charge on any atom is -0.506 e. The Bertz CT molecular complexity index is 888. The monoisotopic (exact) mass is 448 g/mol. The molecule has 0 fully saturated rings. The van der Waals surface area contributed by atoms with Crippen LogP contribution in [0.1, 0.15) is 50.2 Å². The van der Waals surface area contributed by atoms with Crippen molar-refractivity contribution in [2.75, 3.05) is 6.61 Å². The first-order chi connectivity index (χ1) is 13.1. The van der Waals surface area contributed by atoms with Crippen LogP contribution in [0.2, 0.25) is 0 Å². The molecule has 0 aliphatic rings. The predicted molar refractivity (Wildman–Crippen MR) is 112 cm³/mol. The van der Waals surface area contributed by atoms with E-state index in [9.17, 15) is 9.90 Å². The van der Waals surface area contributed by atoms with Gasteiger partial charge in [0.05, 0.1) is 18.7 Å². The molecule has 0 radical (unpaired) electrons. The number of ether oxygens (including phenoxy) is 1. The molecular weight excluding hydrogens is 424 g/mol. The first-order valence-corrected chi connectivity index (χ1v) is 9.77. The number of esters is 1. The van der Waals surface area contributed by atoms with Crippen molar-refractivity contribution in [1.82, 2.24) is 4.98 Å². The third-order valence-electron chi connectivity index (χ3n) is 3.64. The van der Waals surface area contributed by atoms with Gasteiger partial charge in [0.2, 0.25) is 0 Å². The highest BCUT2D eigenvalue weighted by molar-refractivity contribution is 9.10. The van der Waals surface area contributed by atoms with Crippen LogP contribution in [0, 0.1) is 6.92 Å². The first kappa shape index (κ1) is 21.9. The van der Waals surface area contributed by atoms with Crippen LogP contribution in [0.15, 0.2) is 40.0 Å². The van der Waals surface area contributed by atoms with Crippen molar-refractivity contribution in [2.45, 2.75) is 46.6 Å². The SMILES string of the molecule is CCOC(=O)Cc1ccc(O)c(/C(=N\OC(C)(C)C)c2ccc(C)c(Br)c2)n1. The molecule has 0 bridgehead atoms. The van der Waals surface area contributed by atoms with Crippen LogP contribution in [-0.4, -0.2) is 34.0 Å². The Hall–Kier alpha value is -2.41. The van der Waals surface area contributed by atoms with Gasteiger partial charge in [0.15, 0.2) is 0 Å². The molecule has 0 atom stereocenters. The average Bonchev–Trinajstić information content (AvgIpc) is 2.60. The third kappa shape index (κ3) is 6.05. The van der Waals surface area contributed by atoms with E-state index in [2.05, 4.69) is 26.1 Å². The molecule has 2 rings (SSSR count). The number of carbonyl (C=O) groups excluding carboxylic acids is 1. The minimum absolute atomic E-state index is 0.00607. The van der Waals surface area contributed by atoms with Gasteiger partial charge in [-0.15, -0.1) is 0 Å². The topological polar surface area (TPSA) is 81.0 Å². The highest BCUT2D eigenvalue weighted by Crippen LogP contribution is 2.25. The van der Waals surface area contributed by atoms with Gasteiger partial charge in [-0.05, 0) is 58.4 Å². The minimum atomic E-state index is -0.522. The third-order valence-corrected chi connectivity index (χ3v) is 4.50. The van der Waals surface area contributed by atoms with E-state index in [4.69, 9.17) is 9.57 Å². The Morgan fingerprint density at radius 1 is 1.25 bits per heavy atom. The summed E-state index contributed by atoms with van der Waals surface area (Å²) < 4.78 is 5.88. The Balaban J connectivity index is 2.53.